The van der Waals surface area contributed by atoms with E-state index in [-0.39, 0.29) is 5.12 Å². The molecule has 0 saturated carbocycles. The van der Waals surface area contributed by atoms with Crippen molar-refractivity contribution in [2.24, 2.45) is 0 Å². The van der Waals surface area contributed by atoms with Crippen LogP contribution in [-0.2, 0) is 4.79 Å². The molecule has 1 aliphatic rings. The first-order valence-electron chi connectivity index (χ1n) is 13.0. The van der Waals surface area contributed by atoms with Crippen LogP contribution in [0, 0.1) is 62.3 Å². The summed E-state index contributed by atoms with van der Waals surface area (Å²) in [6, 6.07) is 13.6. The number of carbonyl (C=O) groups is 1. The normalized spacial score (nSPS) is 14.1. The molecule has 0 aromatic heterocycles. The number of rotatable bonds is 4. The molecule has 1 nitrogen and oxygen atoms in total. The monoisotopic (exact) mass is 496 g/mol. The first-order valence-corrected chi connectivity index (χ1v) is 14.6. The lowest BCUT2D eigenvalue weighted by atomic mass is 10.1. The Balaban J connectivity index is 2.33. The zero-order chi connectivity index (χ0) is 26.4. The van der Waals surface area contributed by atoms with Gasteiger partial charge in [0.05, 0.1) is 0 Å². The van der Waals surface area contributed by atoms with E-state index in [0.717, 1.165) is 18.4 Å². The largest absolute Gasteiger partial charge is 0.282 e. The highest BCUT2D eigenvalue weighted by Crippen LogP contribution is 2.74. The molecule has 36 heavy (non-hydrogen) atoms. The maximum absolute atomic E-state index is 15.3. The fourth-order valence-electron chi connectivity index (χ4n) is 6.48. The van der Waals surface area contributed by atoms with Gasteiger partial charge < -0.3 is 0 Å². The molecule has 0 amide bonds. The average Bonchev–Trinajstić information content (AvgIpc) is 2.76. The first-order chi connectivity index (χ1) is 17.0. The molecule has 0 fully saturated rings. The van der Waals surface area contributed by atoms with E-state index < -0.39 is 10.0 Å². The van der Waals surface area contributed by atoms with Gasteiger partial charge in [0, 0.05) is 20.3 Å². The van der Waals surface area contributed by atoms with E-state index in [0.29, 0.717) is 0 Å². The smallest absolute Gasteiger partial charge is 0.214 e. The van der Waals surface area contributed by atoms with Crippen LogP contribution in [0.2, 0.25) is 0 Å². The van der Waals surface area contributed by atoms with Crippen molar-refractivity contribution in [3.8, 4) is 0 Å². The summed E-state index contributed by atoms with van der Waals surface area (Å²) in [6.45, 7) is 19.7. The standard InChI is InChI=1S/C34H40OS/c1-21-15-24(4)31(25(5)16-21)36(34(35)30-13-11-10-12-14-30,32-26(6)17-22(2)18-27(32)7)33-28(8)19-23(3)20-29(33)9/h11,13-20H,10,12H2,1-9H3. The van der Waals surface area contributed by atoms with Crippen molar-refractivity contribution in [2.75, 3.05) is 0 Å². The van der Waals surface area contributed by atoms with Crippen molar-refractivity contribution >= 4 is 15.1 Å². The second kappa shape index (κ2) is 9.90. The summed E-state index contributed by atoms with van der Waals surface area (Å²) in [6.07, 6.45) is 8.31. The van der Waals surface area contributed by atoms with E-state index in [9.17, 15) is 0 Å². The second-order valence-electron chi connectivity index (χ2n) is 10.7. The van der Waals surface area contributed by atoms with Gasteiger partial charge in [-0.05, 0) is 109 Å². The molecule has 0 saturated heterocycles. The topological polar surface area (TPSA) is 17.1 Å². The Morgan fingerprint density at radius 1 is 0.556 bits per heavy atom. The van der Waals surface area contributed by atoms with Crippen LogP contribution in [0.3, 0.4) is 0 Å². The number of carbonyl (C=O) groups excluding carboxylic acids is 1. The van der Waals surface area contributed by atoms with Crippen LogP contribution >= 0.6 is 10.0 Å². The number of hydrogen-bond acceptors (Lipinski definition) is 1. The number of benzene rings is 3. The fraction of sp³-hybridized carbons (Fsp3) is 0.324. The maximum Gasteiger partial charge on any atom is 0.214 e. The van der Waals surface area contributed by atoms with Gasteiger partial charge in [0.15, 0.2) is 0 Å². The number of hydrogen-bond donors (Lipinski definition) is 0. The molecule has 3 aromatic carbocycles. The third-order valence-corrected chi connectivity index (χ3v) is 11.8. The SMILES string of the molecule is Cc1cc(C)c(S(C(=O)C2=CCCC=C2)(c2c(C)cc(C)cc2C)c2c(C)cc(C)cc2C)c(C)c1. The minimum absolute atomic E-state index is 0.263. The van der Waals surface area contributed by atoms with Gasteiger partial charge in [-0.25, -0.2) is 0 Å². The van der Waals surface area contributed by atoms with Crippen molar-refractivity contribution in [1.29, 1.82) is 0 Å². The van der Waals surface area contributed by atoms with Crippen molar-refractivity contribution in [3.63, 3.8) is 0 Å². The summed E-state index contributed by atoms with van der Waals surface area (Å²) in [4.78, 5) is 18.9. The van der Waals surface area contributed by atoms with Crippen LogP contribution in [0.25, 0.3) is 0 Å². The van der Waals surface area contributed by atoms with Crippen LogP contribution in [0.15, 0.2) is 74.9 Å². The van der Waals surface area contributed by atoms with Gasteiger partial charge in [-0.2, -0.15) is 0 Å². The van der Waals surface area contributed by atoms with Gasteiger partial charge in [-0.3, -0.25) is 4.79 Å². The lowest BCUT2D eigenvalue weighted by molar-refractivity contribution is -0.108. The molecule has 0 bridgehead atoms. The average molecular weight is 497 g/mol. The zero-order valence-corrected chi connectivity index (χ0v) is 24.2. The van der Waals surface area contributed by atoms with E-state index in [1.165, 1.54) is 64.8 Å². The Kier molecular flexibility index (Phi) is 7.21. The van der Waals surface area contributed by atoms with E-state index in [1.54, 1.807) is 0 Å². The zero-order valence-electron chi connectivity index (χ0n) is 23.4. The van der Waals surface area contributed by atoms with Crippen LogP contribution in [0.5, 0.6) is 0 Å². The lowest BCUT2D eigenvalue weighted by Gasteiger charge is -2.45. The third kappa shape index (κ3) is 4.30. The van der Waals surface area contributed by atoms with Crippen LogP contribution < -0.4 is 0 Å². The predicted octanol–water partition coefficient (Wildman–Crippen LogP) is 9.55. The molecule has 0 spiro atoms. The van der Waals surface area contributed by atoms with Crippen LogP contribution in [0.4, 0.5) is 0 Å². The van der Waals surface area contributed by atoms with Gasteiger partial charge in [0.1, 0.15) is 0 Å². The van der Waals surface area contributed by atoms with Crippen molar-refractivity contribution in [1.82, 2.24) is 0 Å². The molecule has 0 heterocycles. The van der Waals surface area contributed by atoms with E-state index in [4.69, 9.17) is 0 Å². The van der Waals surface area contributed by atoms with Gasteiger partial charge in [-0.15, -0.1) is 0 Å². The van der Waals surface area contributed by atoms with Crippen LogP contribution in [-0.4, -0.2) is 5.12 Å². The molecule has 1 aliphatic carbocycles. The molecule has 0 atom stereocenters. The predicted molar refractivity (Wildman–Crippen MR) is 156 cm³/mol. The Bertz CT molecular complexity index is 1230. The van der Waals surface area contributed by atoms with Gasteiger partial charge in [0.2, 0.25) is 5.12 Å². The summed E-state index contributed by atoms with van der Waals surface area (Å²) >= 11 is 0. The van der Waals surface area contributed by atoms with Crippen molar-refractivity contribution < 1.29 is 4.79 Å². The molecule has 0 N–H and O–H groups in total. The summed E-state index contributed by atoms with van der Waals surface area (Å²) in [7, 11) is -2.30. The van der Waals surface area contributed by atoms with Gasteiger partial charge >= 0.3 is 0 Å². The lowest BCUT2D eigenvalue weighted by Crippen LogP contribution is -2.22. The van der Waals surface area contributed by atoms with Crippen molar-refractivity contribution in [2.45, 2.75) is 89.8 Å². The Morgan fingerprint density at radius 3 is 1.17 bits per heavy atom. The second-order valence-corrected chi connectivity index (χ2v) is 13.5. The summed E-state index contributed by atoms with van der Waals surface area (Å²) in [5.74, 6) is 0. The third-order valence-electron chi connectivity index (χ3n) is 7.24. The van der Waals surface area contributed by atoms with Crippen molar-refractivity contribution in [3.05, 3.63) is 110 Å². The highest BCUT2D eigenvalue weighted by Gasteiger charge is 2.45. The van der Waals surface area contributed by atoms with Gasteiger partial charge in [0.25, 0.3) is 0 Å². The van der Waals surface area contributed by atoms with Crippen LogP contribution in [0.1, 0.15) is 62.9 Å². The molecule has 3 aromatic rings. The highest BCUT2D eigenvalue weighted by atomic mass is 32.3. The molecule has 4 rings (SSSR count). The molecule has 2 heteroatoms. The molecule has 188 valence electrons. The minimum atomic E-state index is -2.30. The Labute approximate surface area is 219 Å². The molecule has 0 radical (unpaired) electrons. The fourth-order valence-corrected chi connectivity index (χ4v) is 11.4. The highest BCUT2D eigenvalue weighted by molar-refractivity contribution is 8.45. The molecular formula is C34H40OS. The molecule has 0 unspecified atom stereocenters. The van der Waals surface area contributed by atoms with E-state index in [1.807, 2.05) is 0 Å². The number of allylic oxidation sites excluding steroid dienone is 3. The molecule has 0 aliphatic heterocycles. The first kappa shape index (κ1) is 26.2. The Hall–Kier alpha value is -2.84. The summed E-state index contributed by atoms with van der Waals surface area (Å²) in [5.41, 5.74) is 11.8. The maximum atomic E-state index is 15.3. The van der Waals surface area contributed by atoms with E-state index >= 15 is 4.79 Å². The van der Waals surface area contributed by atoms with E-state index in [2.05, 4.69) is 117 Å². The molecular weight excluding hydrogens is 456 g/mol. The summed E-state index contributed by atoms with van der Waals surface area (Å²) in [5, 5.41) is 0.263. The quantitative estimate of drug-likeness (QED) is 0.351. The van der Waals surface area contributed by atoms with Gasteiger partial charge in [-0.1, -0.05) is 81.3 Å². The summed E-state index contributed by atoms with van der Waals surface area (Å²) < 4.78 is 0. The Morgan fingerprint density at radius 2 is 0.889 bits per heavy atom. The minimum Gasteiger partial charge on any atom is -0.282 e. The number of aryl methyl sites for hydroxylation is 9.